The van der Waals surface area contributed by atoms with Crippen LogP contribution in [0.15, 0.2) is 5.38 Å². The highest BCUT2D eigenvalue weighted by Crippen LogP contribution is 2.22. The Balaban J connectivity index is 2.53. The summed E-state index contributed by atoms with van der Waals surface area (Å²) in [6, 6.07) is 0. The van der Waals surface area contributed by atoms with Crippen LogP contribution in [0, 0.1) is 0 Å². The number of hydrogen-bond acceptors (Lipinski definition) is 3. The molecule has 0 saturated carbocycles. The molecule has 1 aromatic heterocycles. The van der Waals surface area contributed by atoms with Gasteiger partial charge in [0.15, 0.2) is 0 Å². The van der Waals surface area contributed by atoms with E-state index in [2.05, 4.69) is 24.2 Å². The molecule has 1 rings (SSSR count). The van der Waals surface area contributed by atoms with Crippen LogP contribution in [0.5, 0.6) is 0 Å². The monoisotopic (exact) mass is 198 g/mol. The molecule has 0 spiro atoms. The molecule has 3 heteroatoms. The van der Waals surface area contributed by atoms with Crippen molar-refractivity contribution in [1.82, 2.24) is 4.98 Å². The Morgan fingerprint density at radius 1 is 1.62 bits per heavy atom. The van der Waals surface area contributed by atoms with Crippen LogP contribution in [-0.4, -0.2) is 11.5 Å². The Labute approximate surface area is 84.2 Å². The molecule has 0 aromatic carbocycles. The number of nitrogens with zero attached hydrogens (tertiary/aromatic N) is 1. The van der Waals surface area contributed by atoms with Crippen molar-refractivity contribution >= 4 is 11.3 Å². The van der Waals surface area contributed by atoms with E-state index in [1.807, 2.05) is 0 Å². The molecule has 0 aliphatic carbocycles. The van der Waals surface area contributed by atoms with E-state index in [1.165, 1.54) is 17.1 Å². The standard InChI is InChI=1S/C10H18N2S/c1-3-8(2)10-12-9(7-13-10)5-4-6-11/h7-8H,3-6,11H2,1-2H3. The van der Waals surface area contributed by atoms with Gasteiger partial charge in [-0.2, -0.15) is 0 Å². The maximum Gasteiger partial charge on any atom is 0.0956 e. The number of aromatic nitrogens is 1. The molecule has 0 aliphatic rings. The molecule has 2 N–H and O–H groups in total. The molecule has 0 radical (unpaired) electrons. The highest BCUT2D eigenvalue weighted by Gasteiger charge is 2.07. The van der Waals surface area contributed by atoms with Gasteiger partial charge in [0.05, 0.1) is 10.7 Å². The molecule has 0 aliphatic heterocycles. The maximum absolute atomic E-state index is 5.44. The molecular formula is C10H18N2S. The first kappa shape index (κ1) is 10.7. The number of rotatable bonds is 5. The number of aryl methyl sites for hydroxylation is 1. The van der Waals surface area contributed by atoms with Crippen molar-refractivity contribution in [2.75, 3.05) is 6.54 Å². The lowest BCUT2D eigenvalue weighted by Gasteiger charge is -2.01. The smallest absolute Gasteiger partial charge is 0.0956 e. The second kappa shape index (κ2) is 5.35. The minimum atomic E-state index is 0.608. The lowest BCUT2D eigenvalue weighted by atomic mass is 10.1. The minimum Gasteiger partial charge on any atom is -0.330 e. The van der Waals surface area contributed by atoms with Gasteiger partial charge >= 0.3 is 0 Å². The number of hydrogen-bond donors (Lipinski definition) is 1. The van der Waals surface area contributed by atoms with Crippen LogP contribution in [0.4, 0.5) is 0 Å². The Bertz CT molecular complexity index is 245. The van der Waals surface area contributed by atoms with Gasteiger partial charge in [-0.3, -0.25) is 0 Å². The maximum atomic E-state index is 5.44. The van der Waals surface area contributed by atoms with E-state index in [9.17, 15) is 0 Å². The quantitative estimate of drug-likeness (QED) is 0.789. The molecule has 0 bridgehead atoms. The van der Waals surface area contributed by atoms with Gasteiger partial charge in [-0.05, 0) is 25.8 Å². The van der Waals surface area contributed by atoms with Gasteiger partial charge in [0.1, 0.15) is 0 Å². The molecule has 1 heterocycles. The van der Waals surface area contributed by atoms with Gasteiger partial charge < -0.3 is 5.73 Å². The summed E-state index contributed by atoms with van der Waals surface area (Å²) in [6.45, 7) is 5.19. The number of thiazole rings is 1. The first-order valence-corrected chi connectivity index (χ1v) is 5.80. The Morgan fingerprint density at radius 3 is 3.00 bits per heavy atom. The third-order valence-electron chi connectivity index (χ3n) is 2.24. The second-order valence-electron chi connectivity index (χ2n) is 3.38. The molecule has 0 saturated heterocycles. The molecule has 13 heavy (non-hydrogen) atoms. The number of nitrogens with two attached hydrogens (primary N) is 1. The van der Waals surface area contributed by atoms with Crippen molar-refractivity contribution in [3.8, 4) is 0 Å². The van der Waals surface area contributed by atoms with Gasteiger partial charge in [0, 0.05) is 11.3 Å². The Morgan fingerprint density at radius 2 is 2.38 bits per heavy atom. The van der Waals surface area contributed by atoms with Crippen LogP contribution in [0.25, 0.3) is 0 Å². The SMILES string of the molecule is CCC(C)c1nc(CCCN)cs1. The van der Waals surface area contributed by atoms with Crippen molar-refractivity contribution in [3.05, 3.63) is 16.1 Å². The van der Waals surface area contributed by atoms with Crippen LogP contribution in [-0.2, 0) is 6.42 Å². The van der Waals surface area contributed by atoms with E-state index < -0.39 is 0 Å². The molecule has 1 atom stereocenters. The first-order valence-electron chi connectivity index (χ1n) is 4.92. The van der Waals surface area contributed by atoms with Gasteiger partial charge in [-0.15, -0.1) is 11.3 Å². The van der Waals surface area contributed by atoms with Crippen molar-refractivity contribution in [1.29, 1.82) is 0 Å². The summed E-state index contributed by atoms with van der Waals surface area (Å²) in [6.07, 6.45) is 3.25. The van der Waals surface area contributed by atoms with E-state index >= 15 is 0 Å². The van der Waals surface area contributed by atoms with E-state index in [0.29, 0.717) is 5.92 Å². The van der Waals surface area contributed by atoms with Gasteiger partial charge in [0.25, 0.3) is 0 Å². The highest BCUT2D eigenvalue weighted by atomic mass is 32.1. The topological polar surface area (TPSA) is 38.9 Å². The van der Waals surface area contributed by atoms with Crippen molar-refractivity contribution < 1.29 is 0 Å². The Kier molecular flexibility index (Phi) is 4.39. The van der Waals surface area contributed by atoms with E-state index in [4.69, 9.17) is 5.73 Å². The summed E-state index contributed by atoms with van der Waals surface area (Å²) in [5.41, 5.74) is 6.66. The first-order chi connectivity index (χ1) is 6.27. The fourth-order valence-electron chi connectivity index (χ4n) is 1.12. The largest absolute Gasteiger partial charge is 0.330 e. The summed E-state index contributed by atoms with van der Waals surface area (Å²) in [5, 5.41) is 3.44. The van der Waals surface area contributed by atoms with E-state index in [-0.39, 0.29) is 0 Å². The zero-order chi connectivity index (χ0) is 9.68. The van der Waals surface area contributed by atoms with Gasteiger partial charge in [-0.1, -0.05) is 13.8 Å². The highest BCUT2D eigenvalue weighted by molar-refractivity contribution is 7.09. The summed E-state index contributed by atoms with van der Waals surface area (Å²) in [7, 11) is 0. The molecule has 2 nitrogen and oxygen atoms in total. The summed E-state index contributed by atoms with van der Waals surface area (Å²) in [5.74, 6) is 0.608. The van der Waals surface area contributed by atoms with Crippen LogP contribution in [0.1, 0.15) is 43.3 Å². The molecule has 74 valence electrons. The molecule has 0 amide bonds. The Hall–Kier alpha value is -0.410. The summed E-state index contributed by atoms with van der Waals surface area (Å²) in [4.78, 5) is 4.58. The lowest BCUT2D eigenvalue weighted by Crippen LogP contribution is -2.00. The third-order valence-corrected chi connectivity index (χ3v) is 3.37. The lowest BCUT2D eigenvalue weighted by molar-refractivity contribution is 0.717. The minimum absolute atomic E-state index is 0.608. The van der Waals surface area contributed by atoms with Crippen LogP contribution < -0.4 is 5.73 Å². The molecule has 0 fully saturated rings. The second-order valence-corrected chi connectivity index (χ2v) is 4.27. The van der Waals surface area contributed by atoms with Crippen LogP contribution in [0.2, 0.25) is 0 Å². The van der Waals surface area contributed by atoms with E-state index in [1.54, 1.807) is 11.3 Å². The van der Waals surface area contributed by atoms with E-state index in [0.717, 1.165) is 19.4 Å². The molecule has 1 aromatic rings. The summed E-state index contributed by atoms with van der Waals surface area (Å²) >= 11 is 1.78. The third kappa shape index (κ3) is 3.08. The predicted molar refractivity (Wildman–Crippen MR) is 58.2 cm³/mol. The van der Waals surface area contributed by atoms with Crippen molar-refractivity contribution in [3.63, 3.8) is 0 Å². The van der Waals surface area contributed by atoms with Crippen molar-refractivity contribution in [2.45, 2.75) is 39.0 Å². The van der Waals surface area contributed by atoms with Crippen LogP contribution >= 0.6 is 11.3 Å². The molecular weight excluding hydrogens is 180 g/mol. The fourth-order valence-corrected chi connectivity index (χ4v) is 2.12. The van der Waals surface area contributed by atoms with Gasteiger partial charge in [0.2, 0.25) is 0 Å². The normalized spacial score (nSPS) is 13.2. The zero-order valence-electron chi connectivity index (χ0n) is 8.42. The molecule has 1 unspecified atom stereocenters. The van der Waals surface area contributed by atoms with Crippen molar-refractivity contribution in [2.24, 2.45) is 5.73 Å². The predicted octanol–water partition coefficient (Wildman–Crippen LogP) is 2.55. The zero-order valence-corrected chi connectivity index (χ0v) is 9.23. The fraction of sp³-hybridized carbons (Fsp3) is 0.700. The van der Waals surface area contributed by atoms with Gasteiger partial charge in [-0.25, -0.2) is 4.98 Å². The summed E-state index contributed by atoms with van der Waals surface area (Å²) < 4.78 is 0. The average molecular weight is 198 g/mol. The van der Waals surface area contributed by atoms with Crippen LogP contribution in [0.3, 0.4) is 0 Å². The average Bonchev–Trinajstić information content (AvgIpc) is 2.62.